The van der Waals surface area contributed by atoms with Gasteiger partial charge in [0.15, 0.2) is 0 Å². The van der Waals surface area contributed by atoms with Crippen LogP contribution in [0.1, 0.15) is 25.3 Å². The Labute approximate surface area is 152 Å². The van der Waals surface area contributed by atoms with Gasteiger partial charge >= 0.3 is 0 Å². The SMILES string of the molecule is CCc1cccc(NC(=O)C2CCCN2S(=O)(=O)c2ccc(F)cc2)c1. The van der Waals surface area contributed by atoms with Crippen molar-refractivity contribution < 1.29 is 17.6 Å². The molecule has 0 bridgehead atoms. The van der Waals surface area contributed by atoms with Gasteiger partial charge in [-0.25, -0.2) is 12.8 Å². The van der Waals surface area contributed by atoms with Crippen molar-refractivity contribution >= 4 is 21.6 Å². The van der Waals surface area contributed by atoms with Crippen molar-refractivity contribution in [1.82, 2.24) is 4.31 Å². The lowest BCUT2D eigenvalue weighted by molar-refractivity contribution is -0.119. The summed E-state index contributed by atoms with van der Waals surface area (Å²) < 4.78 is 40.0. The molecule has 1 saturated heterocycles. The molecule has 138 valence electrons. The van der Waals surface area contributed by atoms with Gasteiger partial charge in [-0.3, -0.25) is 4.79 Å². The van der Waals surface area contributed by atoms with Crippen molar-refractivity contribution in [1.29, 1.82) is 0 Å². The second-order valence-corrected chi connectivity index (χ2v) is 8.16. The maximum atomic E-state index is 13.1. The predicted octanol–water partition coefficient (Wildman–Crippen LogP) is 3.18. The minimum Gasteiger partial charge on any atom is -0.325 e. The Morgan fingerprint density at radius 1 is 1.23 bits per heavy atom. The van der Waals surface area contributed by atoms with Crippen LogP contribution in [-0.4, -0.2) is 31.2 Å². The summed E-state index contributed by atoms with van der Waals surface area (Å²) in [6.07, 6.45) is 1.91. The molecule has 26 heavy (non-hydrogen) atoms. The molecule has 1 aliphatic rings. The topological polar surface area (TPSA) is 66.5 Å². The zero-order valence-electron chi connectivity index (χ0n) is 14.5. The van der Waals surface area contributed by atoms with E-state index in [2.05, 4.69) is 5.32 Å². The van der Waals surface area contributed by atoms with E-state index in [1.54, 1.807) is 6.07 Å². The molecule has 1 fully saturated rings. The van der Waals surface area contributed by atoms with E-state index in [-0.39, 0.29) is 17.3 Å². The molecule has 1 heterocycles. The Morgan fingerprint density at radius 3 is 2.65 bits per heavy atom. The summed E-state index contributed by atoms with van der Waals surface area (Å²) in [5.41, 5.74) is 1.74. The highest BCUT2D eigenvalue weighted by molar-refractivity contribution is 7.89. The maximum Gasteiger partial charge on any atom is 0.243 e. The van der Waals surface area contributed by atoms with Crippen LogP contribution in [0, 0.1) is 5.82 Å². The van der Waals surface area contributed by atoms with E-state index in [4.69, 9.17) is 0 Å². The third kappa shape index (κ3) is 3.78. The number of anilines is 1. The van der Waals surface area contributed by atoms with Gasteiger partial charge in [0.25, 0.3) is 0 Å². The van der Waals surface area contributed by atoms with Crippen molar-refractivity contribution in [2.45, 2.75) is 37.1 Å². The second kappa shape index (κ2) is 7.55. The quantitative estimate of drug-likeness (QED) is 0.872. The van der Waals surface area contributed by atoms with Gasteiger partial charge < -0.3 is 5.32 Å². The van der Waals surface area contributed by atoms with E-state index in [1.807, 2.05) is 25.1 Å². The van der Waals surface area contributed by atoms with Crippen molar-refractivity contribution in [3.8, 4) is 0 Å². The van der Waals surface area contributed by atoms with E-state index in [0.717, 1.165) is 24.1 Å². The molecule has 2 aromatic carbocycles. The average molecular weight is 376 g/mol. The molecular weight excluding hydrogens is 355 g/mol. The molecule has 0 aromatic heterocycles. The fraction of sp³-hybridized carbons (Fsp3) is 0.316. The Hall–Kier alpha value is -2.25. The minimum absolute atomic E-state index is 0.00780. The molecule has 0 radical (unpaired) electrons. The van der Waals surface area contributed by atoms with Gasteiger partial charge in [0, 0.05) is 12.2 Å². The van der Waals surface area contributed by atoms with E-state index in [9.17, 15) is 17.6 Å². The summed E-state index contributed by atoms with van der Waals surface area (Å²) in [4.78, 5) is 12.7. The van der Waals surface area contributed by atoms with Crippen LogP contribution in [0.15, 0.2) is 53.4 Å². The molecule has 7 heteroatoms. The summed E-state index contributed by atoms with van der Waals surface area (Å²) in [6.45, 7) is 2.29. The van der Waals surface area contributed by atoms with Crippen LogP contribution in [0.2, 0.25) is 0 Å². The first-order valence-corrected chi connectivity index (χ1v) is 10.0. The molecular formula is C19H21FN2O3S. The Morgan fingerprint density at radius 2 is 1.96 bits per heavy atom. The molecule has 1 atom stereocenters. The predicted molar refractivity (Wildman–Crippen MR) is 97.8 cm³/mol. The normalized spacial score (nSPS) is 18.0. The molecule has 5 nitrogen and oxygen atoms in total. The number of hydrogen-bond acceptors (Lipinski definition) is 3. The van der Waals surface area contributed by atoms with Gasteiger partial charge in [-0.05, 0) is 61.2 Å². The first-order chi connectivity index (χ1) is 12.4. The fourth-order valence-corrected chi connectivity index (χ4v) is 4.78. The van der Waals surface area contributed by atoms with Crippen LogP contribution >= 0.6 is 0 Å². The molecule has 1 unspecified atom stereocenters. The van der Waals surface area contributed by atoms with Gasteiger partial charge in [0.05, 0.1) is 4.90 Å². The second-order valence-electron chi connectivity index (χ2n) is 6.27. The lowest BCUT2D eigenvalue weighted by atomic mass is 10.1. The van der Waals surface area contributed by atoms with Crippen LogP contribution < -0.4 is 5.32 Å². The van der Waals surface area contributed by atoms with Crippen LogP contribution in [-0.2, 0) is 21.2 Å². The van der Waals surface area contributed by atoms with E-state index < -0.39 is 21.9 Å². The number of sulfonamides is 1. The third-order valence-electron chi connectivity index (χ3n) is 4.53. The summed E-state index contributed by atoms with van der Waals surface area (Å²) in [5.74, 6) is -0.850. The Bertz CT molecular complexity index is 897. The highest BCUT2D eigenvalue weighted by Gasteiger charge is 2.39. The molecule has 1 N–H and O–H groups in total. The monoisotopic (exact) mass is 376 g/mol. The first-order valence-electron chi connectivity index (χ1n) is 8.59. The number of carbonyl (C=O) groups excluding carboxylic acids is 1. The van der Waals surface area contributed by atoms with Crippen LogP contribution in [0.3, 0.4) is 0 Å². The number of nitrogens with zero attached hydrogens (tertiary/aromatic N) is 1. The van der Waals surface area contributed by atoms with Crippen molar-refractivity contribution in [3.05, 3.63) is 59.9 Å². The number of halogens is 1. The fourth-order valence-electron chi connectivity index (χ4n) is 3.13. The summed E-state index contributed by atoms with van der Waals surface area (Å²) in [5, 5.41) is 2.82. The molecule has 1 amide bonds. The van der Waals surface area contributed by atoms with Crippen LogP contribution in [0.5, 0.6) is 0 Å². The molecule has 0 spiro atoms. The zero-order valence-corrected chi connectivity index (χ0v) is 15.3. The number of benzene rings is 2. The largest absolute Gasteiger partial charge is 0.325 e. The van der Waals surface area contributed by atoms with Gasteiger partial charge in [0.2, 0.25) is 15.9 Å². The molecule has 1 aliphatic heterocycles. The van der Waals surface area contributed by atoms with Crippen LogP contribution in [0.25, 0.3) is 0 Å². The van der Waals surface area contributed by atoms with E-state index in [0.29, 0.717) is 18.5 Å². The van der Waals surface area contributed by atoms with Crippen molar-refractivity contribution in [2.24, 2.45) is 0 Å². The van der Waals surface area contributed by atoms with E-state index in [1.165, 1.54) is 16.4 Å². The lowest BCUT2D eigenvalue weighted by Gasteiger charge is -2.23. The summed E-state index contributed by atoms with van der Waals surface area (Å²) in [7, 11) is -3.85. The standard InChI is InChI=1S/C19H21FN2O3S/c1-2-14-5-3-6-16(13-14)21-19(23)18-7-4-12-22(18)26(24,25)17-10-8-15(20)9-11-17/h3,5-6,8-11,13,18H,2,4,7,12H2,1H3,(H,21,23). The number of rotatable bonds is 5. The lowest BCUT2D eigenvalue weighted by Crippen LogP contribution is -2.43. The minimum atomic E-state index is -3.85. The third-order valence-corrected chi connectivity index (χ3v) is 6.45. The van der Waals surface area contributed by atoms with Gasteiger partial charge in [-0.15, -0.1) is 0 Å². The Balaban J connectivity index is 1.80. The zero-order chi connectivity index (χ0) is 18.7. The van der Waals surface area contributed by atoms with Gasteiger partial charge in [-0.2, -0.15) is 4.31 Å². The number of hydrogen-bond donors (Lipinski definition) is 1. The average Bonchev–Trinajstić information content (AvgIpc) is 3.13. The summed E-state index contributed by atoms with van der Waals surface area (Å²) in [6, 6.07) is 11.4. The number of carbonyl (C=O) groups is 1. The van der Waals surface area contributed by atoms with Crippen molar-refractivity contribution in [3.63, 3.8) is 0 Å². The molecule has 0 saturated carbocycles. The van der Waals surface area contributed by atoms with Crippen molar-refractivity contribution in [2.75, 3.05) is 11.9 Å². The number of aryl methyl sites for hydroxylation is 1. The first kappa shape index (κ1) is 18.5. The number of nitrogens with one attached hydrogen (secondary N) is 1. The summed E-state index contributed by atoms with van der Waals surface area (Å²) >= 11 is 0. The molecule has 3 rings (SSSR count). The number of amides is 1. The van der Waals surface area contributed by atoms with Crippen LogP contribution in [0.4, 0.5) is 10.1 Å². The maximum absolute atomic E-state index is 13.1. The van der Waals surface area contributed by atoms with Gasteiger partial charge in [0.1, 0.15) is 11.9 Å². The highest BCUT2D eigenvalue weighted by atomic mass is 32.2. The van der Waals surface area contributed by atoms with Gasteiger partial charge in [-0.1, -0.05) is 19.1 Å². The van der Waals surface area contributed by atoms with E-state index >= 15 is 0 Å². The molecule has 0 aliphatic carbocycles. The Kier molecular flexibility index (Phi) is 5.38. The highest BCUT2D eigenvalue weighted by Crippen LogP contribution is 2.27. The smallest absolute Gasteiger partial charge is 0.243 e. The molecule has 2 aromatic rings.